The summed E-state index contributed by atoms with van der Waals surface area (Å²) in [4.78, 5) is 24.7. The summed E-state index contributed by atoms with van der Waals surface area (Å²) in [7, 11) is 0. The van der Waals surface area contributed by atoms with E-state index in [2.05, 4.69) is 5.32 Å². The molecule has 1 atom stereocenters. The molecule has 1 fully saturated rings. The first-order chi connectivity index (χ1) is 9.47. The SMILES string of the molecule is O=C(O)[C@@H]1CCCCN1C(=O)Nc1cc(Cl)cc(Cl)c1. The molecule has 0 aliphatic carbocycles. The van der Waals surface area contributed by atoms with Crippen LogP contribution in [0.1, 0.15) is 19.3 Å². The highest BCUT2D eigenvalue weighted by atomic mass is 35.5. The van der Waals surface area contributed by atoms with Crippen LogP contribution < -0.4 is 5.32 Å². The van der Waals surface area contributed by atoms with Gasteiger partial charge in [0.25, 0.3) is 0 Å². The van der Waals surface area contributed by atoms with Crippen molar-refractivity contribution in [1.82, 2.24) is 4.90 Å². The van der Waals surface area contributed by atoms with Gasteiger partial charge in [0.15, 0.2) is 0 Å². The Balaban J connectivity index is 2.11. The number of carbonyl (C=O) groups excluding carboxylic acids is 1. The molecule has 0 spiro atoms. The van der Waals surface area contributed by atoms with Crippen LogP contribution in [0.5, 0.6) is 0 Å². The quantitative estimate of drug-likeness (QED) is 0.877. The standard InChI is InChI=1S/C13H14Cl2N2O3/c14-8-5-9(15)7-10(6-8)16-13(20)17-4-2-1-3-11(17)12(18)19/h5-7,11H,1-4H2,(H,16,20)(H,18,19)/t11-/m0/s1. The van der Waals surface area contributed by atoms with E-state index in [9.17, 15) is 9.59 Å². The number of piperidine rings is 1. The monoisotopic (exact) mass is 316 g/mol. The maximum Gasteiger partial charge on any atom is 0.326 e. The average molecular weight is 317 g/mol. The van der Waals surface area contributed by atoms with Crippen molar-refractivity contribution in [1.29, 1.82) is 0 Å². The van der Waals surface area contributed by atoms with Gasteiger partial charge >= 0.3 is 12.0 Å². The summed E-state index contributed by atoms with van der Waals surface area (Å²) < 4.78 is 0. The van der Waals surface area contributed by atoms with E-state index < -0.39 is 18.0 Å². The molecule has 1 aliphatic rings. The molecule has 1 aliphatic heterocycles. The van der Waals surface area contributed by atoms with Crippen LogP contribution in [0, 0.1) is 0 Å². The molecule has 0 unspecified atom stereocenters. The van der Waals surface area contributed by atoms with Gasteiger partial charge in [-0.05, 0) is 37.5 Å². The van der Waals surface area contributed by atoms with Crippen molar-refractivity contribution in [3.8, 4) is 0 Å². The van der Waals surface area contributed by atoms with Gasteiger partial charge in [-0.2, -0.15) is 0 Å². The molecule has 2 rings (SSSR count). The summed E-state index contributed by atoms with van der Waals surface area (Å²) in [5.74, 6) is -0.982. The smallest absolute Gasteiger partial charge is 0.326 e. The average Bonchev–Trinajstić information content (AvgIpc) is 2.37. The van der Waals surface area contributed by atoms with Crippen LogP contribution in [0.15, 0.2) is 18.2 Å². The fourth-order valence-corrected chi connectivity index (χ4v) is 2.78. The number of hydrogen-bond acceptors (Lipinski definition) is 2. The fourth-order valence-electron chi connectivity index (χ4n) is 2.25. The molecule has 20 heavy (non-hydrogen) atoms. The van der Waals surface area contributed by atoms with Gasteiger partial charge in [-0.15, -0.1) is 0 Å². The topological polar surface area (TPSA) is 69.6 Å². The number of rotatable bonds is 2. The highest BCUT2D eigenvalue weighted by Crippen LogP contribution is 2.24. The van der Waals surface area contributed by atoms with Gasteiger partial charge in [0.2, 0.25) is 0 Å². The van der Waals surface area contributed by atoms with Crippen molar-refractivity contribution in [3.63, 3.8) is 0 Å². The van der Waals surface area contributed by atoms with Gasteiger partial charge in [-0.3, -0.25) is 0 Å². The summed E-state index contributed by atoms with van der Waals surface area (Å²) in [5.41, 5.74) is 0.446. The lowest BCUT2D eigenvalue weighted by molar-refractivity contribution is -0.143. The Morgan fingerprint density at radius 1 is 1.20 bits per heavy atom. The molecule has 1 aromatic rings. The number of benzene rings is 1. The van der Waals surface area contributed by atoms with E-state index in [1.165, 1.54) is 4.90 Å². The Morgan fingerprint density at radius 2 is 1.85 bits per heavy atom. The number of carboxylic acid groups (broad SMARTS) is 1. The summed E-state index contributed by atoms with van der Waals surface area (Å²) in [5, 5.41) is 12.6. The predicted molar refractivity (Wildman–Crippen MR) is 77.5 cm³/mol. The van der Waals surface area contributed by atoms with Gasteiger partial charge < -0.3 is 15.3 Å². The third-order valence-electron chi connectivity index (χ3n) is 3.16. The maximum atomic E-state index is 12.2. The molecule has 0 aromatic heterocycles. The number of anilines is 1. The number of nitrogens with one attached hydrogen (secondary N) is 1. The van der Waals surface area contributed by atoms with E-state index in [0.717, 1.165) is 12.8 Å². The van der Waals surface area contributed by atoms with Crippen LogP contribution in [0.25, 0.3) is 0 Å². The number of likely N-dealkylation sites (tertiary alicyclic amines) is 1. The molecule has 0 saturated carbocycles. The Labute approximate surface area is 126 Å². The second kappa shape index (κ2) is 6.33. The molecule has 1 saturated heterocycles. The lowest BCUT2D eigenvalue weighted by Crippen LogP contribution is -2.49. The van der Waals surface area contributed by atoms with Crippen LogP contribution in [-0.4, -0.2) is 34.6 Å². The predicted octanol–water partition coefficient (Wildman–Crippen LogP) is 3.46. The normalized spacial score (nSPS) is 18.7. The summed E-state index contributed by atoms with van der Waals surface area (Å²) >= 11 is 11.7. The number of halogens is 2. The first-order valence-corrected chi connectivity index (χ1v) is 6.99. The molecule has 2 amide bonds. The third kappa shape index (κ3) is 3.55. The molecule has 1 aromatic carbocycles. The maximum absolute atomic E-state index is 12.2. The van der Waals surface area contributed by atoms with Crippen LogP contribution >= 0.6 is 23.2 Å². The molecular weight excluding hydrogens is 303 g/mol. The number of amides is 2. The summed E-state index contributed by atoms with van der Waals surface area (Å²) in [6.07, 6.45) is 2.08. The van der Waals surface area contributed by atoms with Crippen LogP contribution in [0.3, 0.4) is 0 Å². The highest BCUT2D eigenvalue weighted by Gasteiger charge is 2.31. The molecular formula is C13H14Cl2N2O3. The number of nitrogens with zero attached hydrogens (tertiary/aromatic N) is 1. The van der Waals surface area contributed by atoms with Crippen molar-refractivity contribution in [2.24, 2.45) is 0 Å². The number of hydrogen-bond donors (Lipinski definition) is 2. The summed E-state index contributed by atoms with van der Waals surface area (Å²) in [6.45, 7) is 0.428. The minimum atomic E-state index is -0.982. The van der Waals surface area contributed by atoms with Crippen LogP contribution in [0.2, 0.25) is 10.0 Å². The highest BCUT2D eigenvalue weighted by molar-refractivity contribution is 6.35. The lowest BCUT2D eigenvalue weighted by Gasteiger charge is -2.32. The van der Waals surface area contributed by atoms with Crippen molar-refractivity contribution >= 4 is 40.9 Å². The second-order valence-corrected chi connectivity index (χ2v) is 5.50. The van der Waals surface area contributed by atoms with Crippen molar-refractivity contribution < 1.29 is 14.7 Å². The number of carbonyl (C=O) groups is 2. The zero-order valence-corrected chi connectivity index (χ0v) is 12.1. The van der Waals surface area contributed by atoms with Crippen molar-refractivity contribution in [2.75, 3.05) is 11.9 Å². The zero-order valence-electron chi connectivity index (χ0n) is 10.6. The van der Waals surface area contributed by atoms with Crippen molar-refractivity contribution in [2.45, 2.75) is 25.3 Å². The largest absolute Gasteiger partial charge is 0.480 e. The van der Waals surface area contributed by atoms with Gasteiger partial charge in [0, 0.05) is 22.3 Å². The van der Waals surface area contributed by atoms with E-state index in [1.54, 1.807) is 18.2 Å². The number of aliphatic carboxylic acids is 1. The number of carboxylic acids is 1. The Hall–Kier alpha value is -1.46. The van der Waals surface area contributed by atoms with E-state index >= 15 is 0 Å². The van der Waals surface area contributed by atoms with E-state index in [4.69, 9.17) is 28.3 Å². The van der Waals surface area contributed by atoms with Crippen LogP contribution in [0.4, 0.5) is 10.5 Å². The number of urea groups is 1. The molecule has 5 nitrogen and oxygen atoms in total. The molecule has 1 heterocycles. The molecule has 7 heteroatoms. The van der Waals surface area contributed by atoms with Gasteiger partial charge in [0.1, 0.15) is 6.04 Å². The lowest BCUT2D eigenvalue weighted by atomic mass is 10.0. The van der Waals surface area contributed by atoms with E-state index in [0.29, 0.717) is 28.7 Å². The van der Waals surface area contributed by atoms with E-state index in [1.807, 2.05) is 0 Å². The Kier molecular flexibility index (Phi) is 4.73. The van der Waals surface area contributed by atoms with Gasteiger partial charge in [-0.25, -0.2) is 9.59 Å². The third-order valence-corrected chi connectivity index (χ3v) is 3.60. The van der Waals surface area contributed by atoms with Crippen molar-refractivity contribution in [3.05, 3.63) is 28.2 Å². The minimum absolute atomic E-state index is 0.404. The van der Waals surface area contributed by atoms with Gasteiger partial charge in [0.05, 0.1) is 0 Å². The Morgan fingerprint density at radius 3 is 2.45 bits per heavy atom. The minimum Gasteiger partial charge on any atom is -0.480 e. The zero-order chi connectivity index (χ0) is 14.7. The first-order valence-electron chi connectivity index (χ1n) is 6.24. The Bertz CT molecular complexity index is 516. The summed E-state index contributed by atoms with van der Waals surface area (Å²) in [6, 6.07) is 3.45. The molecule has 0 bridgehead atoms. The van der Waals surface area contributed by atoms with E-state index in [-0.39, 0.29) is 0 Å². The van der Waals surface area contributed by atoms with Gasteiger partial charge in [-0.1, -0.05) is 23.2 Å². The first kappa shape index (κ1) is 14.9. The van der Waals surface area contributed by atoms with Crippen LogP contribution in [-0.2, 0) is 4.79 Å². The molecule has 108 valence electrons. The second-order valence-electron chi connectivity index (χ2n) is 4.63. The molecule has 0 radical (unpaired) electrons. The fraction of sp³-hybridized carbons (Fsp3) is 0.385. The molecule has 2 N–H and O–H groups in total.